The lowest BCUT2D eigenvalue weighted by Crippen LogP contribution is -2.26. The number of hydrogen-bond donors (Lipinski definition) is 4. The first-order valence-electron chi connectivity index (χ1n) is 4.49. The third kappa shape index (κ3) is 3.24. The minimum atomic E-state index is -0.333. The lowest BCUT2D eigenvalue weighted by atomic mass is 10.2. The summed E-state index contributed by atoms with van der Waals surface area (Å²) in [5.74, 6) is -0.301. The van der Waals surface area contributed by atoms with Crippen molar-refractivity contribution >= 4 is 17.2 Å². The van der Waals surface area contributed by atoms with Gasteiger partial charge in [0.05, 0.1) is 18.3 Å². The number of carbonyl (C=O) groups is 1. The van der Waals surface area contributed by atoms with Gasteiger partial charge in [0.1, 0.15) is 0 Å². The molecular formula is C8H14N4O2S. The van der Waals surface area contributed by atoms with Gasteiger partial charge < -0.3 is 21.9 Å². The van der Waals surface area contributed by atoms with Gasteiger partial charge in [-0.15, -0.1) is 11.3 Å². The number of aliphatic hydroxyl groups excluding tert-OH is 1. The van der Waals surface area contributed by atoms with Gasteiger partial charge in [-0.1, -0.05) is 0 Å². The van der Waals surface area contributed by atoms with Gasteiger partial charge in [-0.3, -0.25) is 4.79 Å². The van der Waals surface area contributed by atoms with E-state index in [-0.39, 0.29) is 25.1 Å². The summed E-state index contributed by atoms with van der Waals surface area (Å²) in [6.45, 7) is 0.421. The van der Waals surface area contributed by atoms with Crippen LogP contribution >= 0.6 is 11.3 Å². The molecule has 0 aliphatic carbocycles. The Balaban J connectivity index is 2.63. The molecule has 0 saturated carbocycles. The molecule has 6 nitrogen and oxygen atoms in total. The number of aliphatic hydroxyl groups is 1. The van der Waals surface area contributed by atoms with Crippen molar-refractivity contribution in [2.75, 3.05) is 19.7 Å². The van der Waals surface area contributed by atoms with Crippen LogP contribution in [0.5, 0.6) is 0 Å². The van der Waals surface area contributed by atoms with Crippen molar-refractivity contribution in [3.8, 4) is 0 Å². The molecule has 1 rings (SSSR count). The lowest BCUT2D eigenvalue weighted by molar-refractivity contribution is 0.0944. The van der Waals surface area contributed by atoms with Crippen LogP contribution in [-0.2, 0) is 0 Å². The zero-order chi connectivity index (χ0) is 11.3. The van der Waals surface area contributed by atoms with Crippen molar-refractivity contribution < 1.29 is 9.90 Å². The third-order valence-electron chi connectivity index (χ3n) is 1.75. The maximum atomic E-state index is 11.4. The quantitative estimate of drug-likeness (QED) is 0.508. The van der Waals surface area contributed by atoms with Crippen LogP contribution < -0.4 is 16.8 Å². The molecule has 1 aromatic rings. The fraction of sp³-hybridized carbons (Fsp3) is 0.500. The van der Waals surface area contributed by atoms with Crippen LogP contribution in [0.3, 0.4) is 0 Å². The van der Waals surface area contributed by atoms with E-state index in [1.807, 2.05) is 0 Å². The molecule has 1 atom stereocenters. The van der Waals surface area contributed by atoms with Crippen LogP contribution in [0.1, 0.15) is 21.5 Å². The van der Waals surface area contributed by atoms with Crippen molar-refractivity contribution in [3.63, 3.8) is 0 Å². The predicted molar refractivity (Wildman–Crippen MR) is 57.5 cm³/mol. The molecule has 0 unspecified atom stereocenters. The summed E-state index contributed by atoms with van der Waals surface area (Å²) in [5.41, 5.74) is 11.7. The van der Waals surface area contributed by atoms with Crippen molar-refractivity contribution in [1.29, 1.82) is 0 Å². The van der Waals surface area contributed by atoms with Gasteiger partial charge in [0.25, 0.3) is 5.91 Å². The van der Waals surface area contributed by atoms with Gasteiger partial charge in [0.15, 0.2) is 5.01 Å². The topological polar surface area (TPSA) is 114 Å². The summed E-state index contributed by atoms with van der Waals surface area (Å²) in [6, 6.07) is -0.333. The molecule has 7 heteroatoms. The molecule has 0 bridgehead atoms. The fourth-order valence-corrected chi connectivity index (χ4v) is 1.72. The standard InChI is InChI=1S/C8H14N4O2S/c9-3-5(10)6-4-15-8(12-6)7(14)11-1-2-13/h4-5,13H,1-3,9-10H2,(H,11,14)/t5-/m0/s1. The normalized spacial score (nSPS) is 12.5. The third-order valence-corrected chi connectivity index (χ3v) is 2.61. The van der Waals surface area contributed by atoms with E-state index >= 15 is 0 Å². The minimum Gasteiger partial charge on any atom is -0.395 e. The largest absolute Gasteiger partial charge is 0.395 e. The molecule has 0 fully saturated rings. The van der Waals surface area contributed by atoms with Crippen LogP contribution in [0.25, 0.3) is 0 Å². The fourth-order valence-electron chi connectivity index (χ4n) is 0.927. The number of thiazole rings is 1. The van der Waals surface area contributed by atoms with Gasteiger partial charge in [0, 0.05) is 18.5 Å². The highest BCUT2D eigenvalue weighted by Gasteiger charge is 2.13. The van der Waals surface area contributed by atoms with Gasteiger partial charge in [-0.2, -0.15) is 0 Å². The Labute approximate surface area is 91.3 Å². The van der Waals surface area contributed by atoms with Crippen molar-refractivity contribution in [2.45, 2.75) is 6.04 Å². The molecule has 0 aliphatic rings. The maximum Gasteiger partial charge on any atom is 0.280 e. The first-order chi connectivity index (χ1) is 7.19. The van der Waals surface area contributed by atoms with Crippen molar-refractivity contribution in [1.82, 2.24) is 10.3 Å². The smallest absolute Gasteiger partial charge is 0.280 e. The number of rotatable bonds is 5. The molecular weight excluding hydrogens is 216 g/mol. The number of aromatic nitrogens is 1. The van der Waals surface area contributed by atoms with Gasteiger partial charge in [0.2, 0.25) is 0 Å². The Bertz CT molecular complexity index is 328. The second-order valence-electron chi connectivity index (χ2n) is 2.90. The summed E-state index contributed by atoms with van der Waals surface area (Å²) in [4.78, 5) is 15.4. The monoisotopic (exact) mass is 230 g/mol. The molecule has 84 valence electrons. The number of amides is 1. The van der Waals surface area contributed by atoms with Crippen LogP contribution in [0.4, 0.5) is 0 Å². The molecule has 15 heavy (non-hydrogen) atoms. The van der Waals surface area contributed by atoms with Crippen molar-refractivity contribution in [2.24, 2.45) is 11.5 Å². The minimum absolute atomic E-state index is 0.0910. The summed E-state index contributed by atoms with van der Waals surface area (Å²) < 4.78 is 0. The SMILES string of the molecule is NC[C@H](N)c1csc(C(=O)NCCO)n1. The van der Waals surface area contributed by atoms with Gasteiger partial charge in [-0.25, -0.2) is 4.98 Å². The van der Waals surface area contributed by atoms with E-state index in [0.29, 0.717) is 17.2 Å². The Hall–Kier alpha value is -1.02. The van der Waals surface area contributed by atoms with Crippen LogP contribution in [0.15, 0.2) is 5.38 Å². The number of nitrogens with one attached hydrogen (secondary N) is 1. The molecule has 0 radical (unpaired) electrons. The van der Waals surface area contributed by atoms with Crippen molar-refractivity contribution in [3.05, 3.63) is 16.1 Å². The van der Waals surface area contributed by atoms with Crippen LogP contribution in [0, 0.1) is 0 Å². The summed E-state index contributed by atoms with van der Waals surface area (Å²) >= 11 is 1.21. The Kier molecular flexibility index (Phi) is 4.63. The molecule has 0 aromatic carbocycles. The number of carbonyl (C=O) groups excluding carboxylic acids is 1. The predicted octanol–water partition coefficient (Wildman–Crippen LogP) is -1.18. The highest BCUT2D eigenvalue weighted by Crippen LogP contribution is 2.14. The molecule has 0 aliphatic heterocycles. The maximum absolute atomic E-state index is 11.4. The number of nitrogens with two attached hydrogens (primary N) is 2. The van der Waals surface area contributed by atoms with E-state index in [0.717, 1.165) is 0 Å². The second-order valence-corrected chi connectivity index (χ2v) is 3.76. The molecule has 0 saturated heterocycles. The van der Waals surface area contributed by atoms with Crippen LogP contribution in [0.2, 0.25) is 0 Å². The summed E-state index contributed by atoms with van der Waals surface area (Å²) in [5, 5.41) is 13.1. The first kappa shape index (κ1) is 12.1. The van der Waals surface area contributed by atoms with E-state index in [9.17, 15) is 4.79 Å². The van der Waals surface area contributed by atoms with Gasteiger partial charge >= 0.3 is 0 Å². The zero-order valence-electron chi connectivity index (χ0n) is 8.14. The highest BCUT2D eigenvalue weighted by molar-refractivity contribution is 7.11. The lowest BCUT2D eigenvalue weighted by Gasteiger charge is -2.03. The first-order valence-corrected chi connectivity index (χ1v) is 5.37. The summed E-state index contributed by atoms with van der Waals surface area (Å²) in [7, 11) is 0. The Morgan fingerprint density at radius 3 is 3.07 bits per heavy atom. The molecule has 1 aromatic heterocycles. The second kappa shape index (κ2) is 5.76. The number of hydrogen-bond acceptors (Lipinski definition) is 6. The molecule has 1 heterocycles. The molecule has 6 N–H and O–H groups in total. The van der Waals surface area contributed by atoms with E-state index in [1.54, 1.807) is 5.38 Å². The average Bonchev–Trinajstić information content (AvgIpc) is 2.74. The van der Waals surface area contributed by atoms with Crippen LogP contribution in [-0.4, -0.2) is 35.7 Å². The van der Waals surface area contributed by atoms with E-state index in [1.165, 1.54) is 11.3 Å². The average molecular weight is 230 g/mol. The van der Waals surface area contributed by atoms with Gasteiger partial charge in [-0.05, 0) is 0 Å². The van der Waals surface area contributed by atoms with E-state index in [2.05, 4.69) is 10.3 Å². The van der Waals surface area contributed by atoms with E-state index < -0.39 is 0 Å². The molecule has 1 amide bonds. The highest BCUT2D eigenvalue weighted by atomic mass is 32.1. The Morgan fingerprint density at radius 2 is 2.47 bits per heavy atom. The number of nitrogens with zero attached hydrogens (tertiary/aromatic N) is 1. The summed E-state index contributed by atoms with van der Waals surface area (Å²) in [6.07, 6.45) is 0. The zero-order valence-corrected chi connectivity index (χ0v) is 8.96. The molecule has 0 spiro atoms. The van der Waals surface area contributed by atoms with E-state index in [4.69, 9.17) is 16.6 Å². The Morgan fingerprint density at radius 1 is 1.73 bits per heavy atom.